The fraction of sp³-hybridized carbons (Fsp3) is 0.333. The van der Waals surface area contributed by atoms with Crippen LogP contribution in [0.1, 0.15) is 36.5 Å². The molecule has 0 unspecified atom stereocenters. The molecule has 1 amide bonds. The number of rotatable bonds is 5. The zero-order valence-electron chi connectivity index (χ0n) is 11.6. The molecule has 2 aromatic rings. The van der Waals surface area contributed by atoms with Crippen molar-refractivity contribution >= 4 is 22.5 Å². The molecule has 0 saturated heterocycles. The number of fused-ring (bicyclic) bond motifs is 1. The molecule has 106 valence electrons. The minimum absolute atomic E-state index is 0.00750. The number of amides is 1. The van der Waals surface area contributed by atoms with Crippen LogP contribution >= 0.6 is 0 Å². The topological polar surface area (TPSA) is 91.1 Å². The molecule has 0 radical (unpaired) electrons. The van der Waals surface area contributed by atoms with Crippen molar-refractivity contribution in [3.05, 3.63) is 40.2 Å². The van der Waals surface area contributed by atoms with E-state index < -0.39 is 11.3 Å². The molecule has 0 aliphatic heterocycles. The number of carbonyl (C=O) groups is 1. The van der Waals surface area contributed by atoms with Gasteiger partial charge in [0.15, 0.2) is 0 Å². The number of nitrogens with two attached hydrogens (primary N) is 2. The Kier molecular flexibility index (Phi) is 4.08. The van der Waals surface area contributed by atoms with Crippen molar-refractivity contribution in [1.82, 2.24) is 4.57 Å². The van der Waals surface area contributed by atoms with E-state index in [0.717, 1.165) is 31.3 Å². The number of hydrogen-bond donors (Lipinski definition) is 2. The van der Waals surface area contributed by atoms with Crippen LogP contribution in [0.5, 0.6) is 0 Å². The average molecular weight is 273 g/mol. The zero-order valence-corrected chi connectivity index (χ0v) is 11.6. The van der Waals surface area contributed by atoms with Crippen molar-refractivity contribution in [3.8, 4) is 0 Å². The summed E-state index contributed by atoms with van der Waals surface area (Å²) in [4.78, 5) is 23.7. The molecule has 5 nitrogen and oxygen atoms in total. The van der Waals surface area contributed by atoms with Crippen molar-refractivity contribution in [2.75, 3.05) is 5.73 Å². The summed E-state index contributed by atoms with van der Waals surface area (Å²) in [6.07, 6.45) is 4.70. The van der Waals surface area contributed by atoms with Crippen molar-refractivity contribution in [3.63, 3.8) is 0 Å². The number of primary amides is 1. The first-order valence-corrected chi connectivity index (χ1v) is 6.77. The Morgan fingerprint density at radius 2 is 2.05 bits per heavy atom. The number of aryl methyl sites for hydroxylation is 1. The average Bonchev–Trinajstić information content (AvgIpc) is 2.41. The third kappa shape index (κ3) is 2.52. The highest BCUT2D eigenvalue weighted by Crippen LogP contribution is 2.19. The number of unbranched alkanes of at least 4 members (excludes halogenated alkanes) is 2. The number of nitrogens with zero attached hydrogens (tertiary/aromatic N) is 1. The van der Waals surface area contributed by atoms with Gasteiger partial charge in [-0.15, -0.1) is 0 Å². The van der Waals surface area contributed by atoms with Gasteiger partial charge < -0.3 is 16.0 Å². The van der Waals surface area contributed by atoms with Crippen molar-refractivity contribution in [1.29, 1.82) is 0 Å². The van der Waals surface area contributed by atoms with Crippen LogP contribution in [0.3, 0.4) is 0 Å². The summed E-state index contributed by atoms with van der Waals surface area (Å²) in [5.74, 6) is -0.718. The van der Waals surface area contributed by atoms with Gasteiger partial charge in [-0.25, -0.2) is 0 Å². The van der Waals surface area contributed by atoms with Gasteiger partial charge >= 0.3 is 0 Å². The highest BCUT2D eigenvalue weighted by molar-refractivity contribution is 5.99. The van der Waals surface area contributed by atoms with Crippen LogP contribution in [0.15, 0.2) is 29.2 Å². The lowest BCUT2D eigenvalue weighted by atomic mass is 10.1. The normalized spacial score (nSPS) is 10.8. The Balaban J connectivity index is 2.67. The van der Waals surface area contributed by atoms with Gasteiger partial charge in [0.25, 0.3) is 5.91 Å². The Labute approximate surface area is 117 Å². The molecule has 2 rings (SSSR count). The maximum absolute atomic E-state index is 12.3. The number of carbonyl (C=O) groups excluding carboxylic acids is 1. The molecular weight excluding hydrogens is 254 g/mol. The summed E-state index contributed by atoms with van der Waals surface area (Å²) < 4.78 is 1.89. The second-order valence-electron chi connectivity index (χ2n) is 4.88. The van der Waals surface area contributed by atoms with Crippen LogP contribution in [0.4, 0.5) is 5.69 Å². The maximum atomic E-state index is 12.3. The van der Waals surface area contributed by atoms with Crippen molar-refractivity contribution in [2.24, 2.45) is 5.73 Å². The van der Waals surface area contributed by atoms with Crippen molar-refractivity contribution in [2.45, 2.75) is 32.7 Å². The first-order valence-electron chi connectivity index (χ1n) is 6.77. The van der Waals surface area contributed by atoms with E-state index in [1.165, 1.54) is 0 Å². The number of benzene rings is 1. The first-order chi connectivity index (χ1) is 9.56. The summed E-state index contributed by atoms with van der Waals surface area (Å²) in [5.41, 5.74) is 11.9. The molecule has 0 fully saturated rings. The highest BCUT2D eigenvalue weighted by atomic mass is 16.2. The van der Waals surface area contributed by atoms with Crippen LogP contribution in [0.25, 0.3) is 10.9 Å². The molecule has 0 spiro atoms. The molecule has 0 aliphatic carbocycles. The SMILES string of the molecule is CCCCCn1cc(C(N)=O)c(=O)c2c(N)cccc21. The van der Waals surface area contributed by atoms with E-state index in [9.17, 15) is 9.59 Å². The van der Waals surface area contributed by atoms with Gasteiger partial charge in [0.2, 0.25) is 5.43 Å². The van der Waals surface area contributed by atoms with Crippen LogP contribution < -0.4 is 16.9 Å². The lowest BCUT2D eigenvalue weighted by Crippen LogP contribution is -2.24. The van der Waals surface area contributed by atoms with E-state index in [-0.39, 0.29) is 5.56 Å². The van der Waals surface area contributed by atoms with E-state index in [0.29, 0.717) is 11.1 Å². The molecule has 5 heteroatoms. The molecule has 0 atom stereocenters. The molecule has 0 bridgehead atoms. The number of anilines is 1. The highest BCUT2D eigenvalue weighted by Gasteiger charge is 2.14. The third-order valence-corrected chi connectivity index (χ3v) is 3.41. The van der Waals surface area contributed by atoms with Crippen LogP contribution in [-0.2, 0) is 6.54 Å². The summed E-state index contributed by atoms with van der Waals surface area (Å²) in [5, 5.41) is 0.375. The van der Waals surface area contributed by atoms with Gasteiger partial charge in [0.1, 0.15) is 5.56 Å². The number of nitrogen functional groups attached to an aromatic ring is 1. The minimum Gasteiger partial charge on any atom is -0.398 e. The molecule has 0 saturated carbocycles. The quantitative estimate of drug-likeness (QED) is 0.643. The monoisotopic (exact) mass is 273 g/mol. The minimum atomic E-state index is -0.718. The van der Waals surface area contributed by atoms with Crippen LogP contribution in [0, 0.1) is 0 Å². The van der Waals surface area contributed by atoms with Crippen LogP contribution in [-0.4, -0.2) is 10.5 Å². The van der Waals surface area contributed by atoms with Crippen molar-refractivity contribution < 1.29 is 4.79 Å². The molecular formula is C15H19N3O2. The van der Waals surface area contributed by atoms with Gasteiger partial charge in [-0.2, -0.15) is 0 Å². The second-order valence-corrected chi connectivity index (χ2v) is 4.88. The molecule has 1 aromatic heterocycles. The maximum Gasteiger partial charge on any atom is 0.254 e. The second kappa shape index (κ2) is 5.77. The fourth-order valence-electron chi connectivity index (χ4n) is 2.36. The van der Waals surface area contributed by atoms with E-state index in [1.54, 1.807) is 18.3 Å². The molecule has 4 N–H and O–H groups in total. The van der Waals surface area contributed by atoms with E-state index in [4.69, 9.17) is 11.5 Å². The van der Waals surface area contributed by atoms with Gasteiger partial charge in [-0.3, -0.25) is 9.59 Å². The Hall–Kier alpha value is -2.30. The lowest BCUT2D eigenvalue weighted by Gasteiger charge is -2.13. The molecule has 1 heterocycles. The largest absolute Gasteiger partial charge is 0.398 e. The number of pyridine rings is 1. The standard InChI is InChI=1S/C15H19N3O2/c1-2-3-4-8-18-9-10(15(17)20)14(19)13-11(16)6-5-7-12(13)18/h5-7,9H,2-4,8,16H2,1H3,(H2,17,20). The summed E-state index contributed by atoms with van der Waals surface area (Å²) in [7, 11) is 0. The van der Waals surface area contributed by atoms with Gasteiger partial charge in [-0.1, -0.05) is 25.8 Å². The van der Waals surface area contributed by atoms with E-state index >= 15 is 0 Å². The van der Waals surface area contributed by atoms with E-state index in [1.807, 2.05) is 10.6 Å². The number of aromatic nitrogens is 1. The third-order valence-electron chi connectivity index (χ3n) is 3.41. The fourth-order valence-corrected chi connectivity index (χ4v) is 2.36. The Bertz CT molecular complexity index is 704. The Morgan fingerprint density at radius 3 is 2.70 bits per heavy atom. The predicted molar refractivity (Wildman–Crippen MR) is 80.7 cm³/mol. The summed E-state index contributed by atoms with van der Waals surface area (Å²) in [6.45, 7) is 2.85. The lowest BCUT2D eigenvalue weighted by molar-refractivity contribution is 0.0998. The molecule has 0 aliphatic rings. The summed E-state index contributed by atoms with van der Waals surface area (Å²) in [6, 6.07) is 5.30. The first kappa shape index (κ1) is 14.1. The molecule has 20 heavy (non-hydrogen) atoms. The van der Waals surface area contributed by atoms with Gasteiger partial charge in [0, 0.05) is 18.4 Å². The number of hydrogen-bond acceptors (Lipinski definition) is 3. The van der Waals surface area contributed by atoms with Gasteiger partial charge in [-0.05, 0) is 18.6 Å². The predicted octanol–water partition coefficient (Wildman–Crippen LogP) is 1.87. The zero-order chi connectivity index (χ0) is 14.7. The van der Waals surface area contributed by atoms with Gasteiger partial charge in [0.05, 0.1) is 10.9 Å². The smallest absolute Gasteiger partial charge is 0.254 e. The molecule has 1 aromatic carbocycles. The summed E-state index contributed by atoms with van der Waals surface area (Å²) >= 11 is 0. The van der Waals surface area contributed by atoms with Crippen LogP contribution in [0.2, 0.25) is 0 Å². The van der Waals surface area contributed by atoms with E-state index in [2.05, 4.69) is 6.92 Å². The Morgan fingerprint density at radius 1 is 1.30 bits per heavy atom.